The Hall–Kier alpha value is -3.59. The minimum atomic E-state index is -0.531. The minimum absolute atomic E-state index is 0.110. The lowest BCUT2D eigenvalue weighted by atomic mass is 10.0. The Labute approximate surface area is 198 Å². The fraction of sp³-hybridized carbons (Fsp3) is 0.400. The van der Waals surface area contributed by atoms with Crippen LogP contribution in [-0.4, -0.2) is 51.5 Å². The second-order valence-corrected chi connectivity index (χ2v) is 9.60. The zero-order valence-corrected chi connectivity index (χ0v) is 19.7. The van der Waals surface area contributed by atoms with Gasteiger partial charge in [-0.1, -0.05) is 12.1 Å². The SMILES string of the molecule is CC(C)(C)OC(=O)NC1CCN(c2cnc3c(ccn3Cc3ccc(C(=O)NO)cc3)c2)CC1. The number of ether oxygens (including phenoxy) is 1. The lowest BCUT2D eigenvalue weighted by molar-refractivity contribution is 0.0497. The number of aromatic nitrogens is 2. The molecule has 34 heavy (non-hydrogen) atoms. The highest BCUT2D eigenvalue weighted by molar-refractivity contribution is 5.93. The number of carbonyl (C=O) groups is 2. The largest absolute Gasteiger partial charge is 0.444 e. The molecule has 0 bridgehead atoms. The molecule has 2 amide bonds. The molecule has 9 heteroatoms. The van der Waals surface area contributed by atoms with Crippen LogP contribution in [0.5, 0.6) is 0 Å². The number of pyridine rings is 1. The van der Waals surface area contributed by atoms with Gasteiger partial charge in [0.2, 0.25) is 0 Å². The monoisotopic (exact) mass is 465 g/mol. The van der Waals surface area contributed by atoms with E-state index in [1.165, 1.54) is 0 Å². The molecule has 180 valence electrons. The van der Waals surface area contributed by atoms with Gasteiger partial charge in [0.05, 0.1) is 11.9 Å². The molecule has 1 aliphatic rings. The van der Waals surface area contributed by atoms with Crippen molar-refractivity contribution in [1.82, 2.24) is 20.3 Å². The minimum Gasteiger partial charge on any atom is -0.444 e. The molecule has 0 spiro atoms. The van der Waals surface area contributed by atoms with Gasteiger partial charge in [-0.2, -0.15) is 0 Å². The number of nitrogens with zero attached hydrogens (tertiary/aromatic N) is 3. The van der Waals surface area contributed by atoms with Gasteiger partial charge in [-0.05, 0) is 63.4 Å². The van der Waals surface area contributed by atoms with E-state index in [0.717, 1.165) is 48.2 Å². The molecule has 1 fully saturated rings. The topological polar surface area (TPSA) is 109 Å². The number of piperidine rings is 1. The number of alkyl carbamates (subject to hydrolysis) is 1. The van der Waals surface area contributed by atoms with Crippen LogP contribution < -0.4 is 15.7 Å². The van der Waals surface area contributed by atoms with E-state index in [4.69, 9.17) is 14.9 Å². The second kappa shape index (κ2) is 9.72. The van der Waals surface area contributed by atoms with Crippen LogP contribution >= 0.6 is 0 Å². The lowest BCUT2D eigenvalue weighted by Gasteiger charge is -2.34. The molecule has 9 nitrogen and oxygen atoms in total. The highest BCUT2D eigenvalue weighted by Crippen LogP contribution is 2.25. The molecule has 0 aliphatic carbocycles. The summed E-state index contributed by atoms with van der Waals surface area (Å²) in [6.07, 6.45) is 5.24. The van der Waals surface area contributed by atoms with Crippen LogP contribution in [0.1, 0.15) is 49.5 Å². The van der Waals surface area contributed by atoms with Crippen molar-refractivity contribution in [1.29, 1.82) is 0 Å². The van der Waals surface area contributed by atoms with E-state index >= 15 is 0 Å². The molecule has 1 saturated heterocycles. The van der Waals surface area contributed by atoms with Crippen molar-refractivity contribution in [2.45, 2.75) is 51.8 Å². The summed E-state index contributed by atoms with van der Waals surface area (Å²) in [6.45, 7) is 7.88. The van der Waals surface area contributed by atoms with E-state index in [9.17, 15) is 9.59 Å². The predicted octanol–water partition coefficient (Wildman–Crippen LogP) is 3.70. The van der Waals surface area contributed by atoms with E-state index in [-0.39, 0.29) is 12.1 Å². The van der Waals surface area contributed by atoms with Gasteiger partial charge in [0, 0.05) is 42.8 Å². The highest BCUT2D eigenvalue weighted by Gasteiger charge is 2.24. The molecule has 0 saturated carbocycles. The summed E-state index contributed by atoms with van der Waals surface area (Å²) in [4.78, 5) is 30.5. The summed E-state index contributed by atoms with van der Waals surface area (Å²) in [5.41, 5.74) is 4.53. The van der Waals surface area contributed by atoms with Gasteiger partial charge in [-0.15, -0.1) is 0 Å². The van der Waals surface area contributed by atoms with E-state index in [0.29, 0.717) is 12.1 Å². The van der Waals surface area contributed by atoms with Gasteiger partial charge in [0.1, 0.15) is 11.2 Å². The molecular weight excluding hydrogens is 434 g/mol. The molecule has 0 atom stereocenters. The van der Waals surface area contributed by atoms with Gasteiger partial charge in [0.15, 0.2) is 0 Å². The van der Waals surface area contributed by atoms with E-state index in [2.05, 4.69) is 26.9 Å². The number of hydrogen-bond donors (Lipinski definition) is 3. The summed E-state index contributed by atoms with van der Waals surface area (Å²) < 4.78 is 7.43. The molecule has 3 N–H and O–H groups in total. The lowest BCUT2D eigenvalue weighted by Crippen LogP contribution is -2.46. The summed E-state index contributed by atoms with van der Waals surface area (Å²) in [5, 5.41) is 12.8. The third-order valence-corrected chi connectivity index (χ3v) is 5.84. The van der Waals surface area contributed by atoms with Crippen LogP contribution in [0.15, 0.2) is 48.8 Å². The number of nitrogens with one attached hydrogen (secondary N) is 2. The van der Waals surface area contributed by atoms with E-state index in [1.807, 2.05) is 45.3 Å². The molecule has 1 aliphatic heterocycles. The summed E-state index contributed by atoms with van der Waals surface area (Å²) in [5.74, 6) is -0.531. The van der Waals surface area contributed by atoms with Gasteiger partial charge in [0.25, 0.3) is 5.91 Å². The summed E-state index contributed by atoms with van der Waals surface area (Å²) >= 11 is 0. The van der Waals surface area contributed by atoms with Crippen molar-refractivity contribution < 1.29 is 19.5 Å². The molecule has 1 aromatic carbocycles. The predicted molar refractivity (Wildman–Crippen MR) is 129 cm³/mol. The Kier molecular flexibility index (Phi) is 6.74. The maximum Gasteiger partial charge on any atom is 0.407 e. The number of rotatable bonds is 5. The molecule has 3 heterocycles. The smallest absolute Gasteiger partial charge is 0.407 e. The Balaban J connectivity index is 1.37. The van der Waals surface area contributed by atoms with Crippen LogP contribution in [0.4, 0.5) is 10.5 Å². The molecular formula is C25H31N5O4. The molecule has 4 rings (SSSR count). The molecule has 2 aromatic heterocycles. The third kappa shape index (κ3) is 5.66. The maximum absolute atomic E-state index is 12.0. The average Bonchev–Trinajstić information content (AvgIpc) is 3.20. The molecule has 0 unspecified atom stereocenters. The number of benzene rings is 1. The van der Waals surface area contributed by atoms with Crippen molar-refractivity contribution in [2.75, 3.05) is 18.0 Å². The first kappa shape index (κ1) is 23.6. The standard InChI is InChI=1S/C25H31N5O4/c1-25(2,3)34-24(32)27-20-9-12-29(13-10-20)21-14-19-8-11-30(22(19)26-15-21)16-17-4-6-18(7-5-17)23(31)28-33/h4-8,11,14-15,20,33H,9-10,12-13,16H2,1-3H3,(H,27,32)(H,28,31). The second-order valence-electron chi connectivity index (χ2n) is 9.60. The van der Waals surface area contributed by atoms with E-state index < -0.39 is 11.5 Å². The maximum atomic E-state index is 12.0. The Morgan fingerprint density at radius 3 is 2.50 bits per heavy atom. The zero-order valence-electron chi connectivity index (χ0n) is 19.7. The molecule has 0 radical (unpaired) electrons. The first-order valence-corrected chi connectivity index (χ1v) is 11.4. The van der Waals surface area contributed by atoms with Gasteiger partial charge < -0.3 is 19.5 Å². The van der Waals surface area contributed by atoms with Crippen LogP contribution in [-0.2, 0) is 11.3 Å². The highest BCUT2D eigenvalue weighted by atomic mass is 16.6. The fourth-order valence-electron chi connectivity index (χ4n) is 4.15. The van der Waals surface area contributed by atoms with Crippen molar-refractivity contribution in [3.63, 3.8) is 0 Å². The molecule has 3 aromatic rings. The number of carbonyl (C=O) groups excluding carboxylic acids is 2. The zero-order chi connectivity index (χ0) is 24.3. The van der Waals surface area contributed by atoms with Crippen molar-refractivity contribution in [2.24, 2.45) is 0 Å². The Bertz CT molecular complexity index is 1160. The number of amides is 2. The van der Waals surface area contributed by atoms with Crippen molar-refractivity contribution in [3.05, 3.63) is 59.9 Å². The van der Waals surface area contributed by atoms with E-state index in [1.54, 1.807) is 17.6 Å². The van der Waals surface area contributed by atoms with Gasteiger partial charge in [-0.25, -0.2) is 15.3 Å². The van der Waals surface area contributed by atoms with Crippen LogP contribution in [0.25, 0.3) is 11.0 Å². The van der Waals surface area contributed by atoms with Crippen LogP contribution in [0.3, 0.4) is 0 Å². The Morgan fingerprint density at radius 2 is 1.85 bits per heavy atom. The quantitative estimate of drug-likeness (QED) is 0.392. The van der Waals surface area contributed by atoms with Gasteiger partial charge in [-0.3, -0.25) is 10.0 Å². The number of hydrogen-bond acceptors (Lipinski definition) is 6. The normalized spacial score (nSPS) is 14.8. The summed E-state index contributed by atoms with van der Waals surface area (Å²) in [7, 11) is 0. The Morgan fingerprint density at radius 1 is 1.15 bits per heavy atom. The van der Waals surface area contributed by atoms with Crippen LogP contribution in [0.2, 0.25) is 0 Å². The third-order valence-electron chi connectivity index (χ3n) is 5.84. The number of hydroxylamine groups is 1. The number of anilines is 1. The van der Waals surface area contributed by atoms with Gasteiger partial charge >= 0.3 is 6.09 Å². The summed E-state index contributed by atoms with van der Waals surface area (Å²) in [6, 6.07) is 11.4. The van der Waals surface area contributed by atoms with Crippen LogP contribution in [0, 0.1) is 0 Å². The van der Waals surface area contributed by atoms with Crippen molar-refractivity contribution >= 4 is 28.7 Å². The fourth-order valence-corrected chi connectivity index (χ4v) is 4.15. The number of fused-ring (bicyclic) bond motifs is 1. The first-order valence-electron chi connectivity index (χ1n) is 11.4. The average molecular weight is 466 g/mol. The first-order chi connectivity index (χ1) is 16.2. The van der Waals surface area contributed by atoms with Crippen molar-refractivity contribution in [3.8, 4) is 0 Å².